The lowest BCUT2D eigenvalue weighted by atomic mass is 10.0. The van der Waals surface area contributed by atoms with E-state index in [-0.39, 0.29) is 18.1 Å². The number of nitrogens with one attached hydrogen (secondary N) is 1. The number of benzene rings is 1. The molecule has 22 heavy (non-hydrogen) atoms. The third-order valence-electron chi connectivity index (χ3n) is 4.03. The first kappa shape index (κ1) is 16.6. The van der Waals surface area contributed by atoms with Crippen LogP contribution in [0.5, 0.6) is 11.5 Å². The maximum absolute atomic E-state index is 12.3. The largest absolute Gasteiger partial charge is 0.493 e. The smallest absolute Gasteiger partial charge is 0.237 e. The minimum atomic E-state index is -0.117. The van der Waals surface area contributed by atoms with Crippen molar-refractivity contribution in [2.75, 3.05) is 27.2 Å². The van der Waals surface area contributed by atoms with E-state index in [1.807, 2.05) is 38.2 Å². The molecule has 0 saturated carbocycles. The fourth-order valence-corrected chi connectivity index (χ4v) is 2.74. The maximum atomic E-state index is 12.3. The quantitative estimate of drug-likeness (QED) is 0.874. The highest BCUT2D eigenvalue weighted by atomic mass is 16.5. The fraction of sp³-hybridized carbons (Fsp3) is 0.588. The number of ether oxygens (including phenoxy) is 2. The summed E-state index contributed by atoms with van der Waals surface area (Å²) in [4.78, 5) is 14.4. The number of likely N-dealkylation sites (tertiary alicyclic amines) is 1. The summed E-state index contributed by atoms with van der Waals surface area (Å²) in [5, 5.41) is 2.99. The highest BCUT2D eigenvalue weighted by Crippen LogP contribution is 2.26. The molecule has 1 aliphatic rings. The molecule has 1 fully saturated rings. The third-order valence-corrected chi connectivity index (χ3v) is 4.03. The van der Waals surface area contributed by atoms with Crippen molar-refractivity contribution in [3.8, 4) is 11.5 Å². The second-order valence-electron chi connectivity index (χ2n) is 5.82. The third kappa shape index (κ3) is 4.37. The molecule has 5 heteroatoms. The zero-order valence-corrected chi connectivity index (χ0v) is 13.7. The van der Waals surface area contributed by atoms with Gasteiger partial charge in [0.05, 0.1) is 19.7 Å². The molecule has 1 aliphatic heterocycles. The molecule has 0 radical (unpaired) electrons. The molecule has 0 aromatic heterocycles. The van der Waals surface area contributed by atoms with Crippen LogP contribution >= 0.6 is 0 Å². The number of carbonyl (C=O) groups is 1. The van der Waals surface area contributed by atoms with Gasteiger partial charge in [-0.25, -0.2) is 0 Å². The van der Waals surface area contributed by atoms with E-state index in [0.717, 1.165) is 19.4 Å². The lowest BCUT2D eigenvalue weighted by Gasteiger charge is -2.31. The van der Waals surface area contributed by atoms with Crippen molar-refractivity contribution in [2.24, 2.45) is 0 Å². The van der Waals surface area contributed by atoms with Crippen molar-refractivity contribution >= 4 is 5.91 Å². The van der Waals surface area contributed by atoms with Crippen LogP contribution in [0.15, 0.2) is 24.3 Å². The SMILES string of the molecule is COc1ccccc1O[C@H](C)CNC(=O)[C@H]1CCCCN1C. The van der Waals surface area contributed by atoms with Gasteiger partial charge in [-0.1, -0.05) is 18.6 Å². The van der Waals surface area contributed by atoms with Crippen molar-refractivity contribution in [1.29, 1.82) is 0 Å². The Bertz CT molecular complexity index is 493. The summed E-state index contributed by atoms with van der Waals surface area (Å²) >= 11 is 0. The number of piperidine rings is 1. The van der Waals surface area contributed by atoms with E-state index in [1.54, 1.807) is 7.11 Å². The highest BCUT2D eigenvalue weighted by molar-refractivity contribution is 5.81. The van der Waals surface area contributed by atoms with Crippen molar-refractivity contribution in [1.82, 2.24) is 10.2 Å². The van der Waals surface area contributed by atoms with E-state index in [0.29, 0.717) is 18.0 Å². The second-order valence-corrected chi connectivity index (χ2v) is 5.82. The number of rotatable bonds is 6. The number of hydrogen-bond donors (Lipinski definition) is 1. The van der Waals surface area contributed by atoms with E-state index in [1.165, 1.54) is 6.42 Å². The molecule has 0 aliphatic carbocycles. The van der Waals surface area contributed by atoms with Crippen LogP contribution in [0.3, 0.4) is 0 Å². The first-order valence-corrected chi connectivity index (χ1v) is 7.89. The van der Waals surface area contributed by atoms with Gasteiger partial charge in [0.2, 0.25) is 5.91 Å². The number of likely N-dealkylation sites (N-methyl/N-ethyl adjacent to an activating group) is 1. The van der Waals surface area contributed by atoms with Crippen molar-refractivity contribution < 1.29 is 14.3 Å². The molecule has 122 valence electrons. The summed E-state index contributed by atoms with van der Waals surface area (Å²) < 4.78 is 11.1. The first-order chi connectivity index (χ1) is 10.6. The Balaban J connectivity index is 1.82. The van der Waals surface area contributed by atoms with Crippen molar-refractivity contribution in [2.45, 2.75) is 38.3 Å². The van der Waals surface area contributed by atoms with Crippen LogP contribution in [-0.4, -0.2) is 50.2 Å². The summed E-state index contributed by atoms with van der Waals surface area (Å²) in [5.74, 6) is 1.49. The summed E-state index contributed by atoms with van der Waals surface area (Å²) in [6.07, 6.45) is 3.11. The predicted molar refractivity (Wildman–Crippen MR) is 86.4 cm³/mol. The number of para-hydroxylation sites is 2. The van der Waals surface area contributed by atoms with Gasteiger partial charge >= 0.3 is 0 Å². The van der Waals surface area contributed by atoms with Gasteiger partial charge in [-0.15, -0.1) is 0 Å². The number of nitrogens with zero attached hydrogens (tertiary/aromatic N) is 1. The van der Waals surface area contributed by atoms with Crippen molar-refractivity contribution in [3.05, 3.63) is 24.3 Å². The van der Waals surface area contributed by atoms with E-state index in [4.69, 9.17) is 9.47 Å². The summed E-state index contributed by atoms with van der Waals surface area (Å²) in [5.41, 5.74) is 0. The fourth-order valence-electron chi connectivity index (χ4n) is 2.74. The zero-order chi connectivity index (χ0) is 15.9. The van der Waals surface area contributed by atoms with Crippen LogP contribution in [0, 0.1) is 0 Å². The molecule has 2 rings (SSSR count). The predicted octanol–water partition coefficient (Wildman–Crippen LogP) is 2.06. The topological polar surface area (TPSA) is 50.8 Å². The Labute approximate surface area is 132 Å². The van der Waals surface area contributed by atoms with E-state index in [9.17, 15) is 4.79 Å². The van der Waals surface area contributed by atoms with Gasteiger partial charge in [-0.2, -0.15) is 0 Å². The Kier molecular flexibility index (Phi) is 6.07. The maximum Gasteiger partial charge on any atom is 0.237 e. The van der Waals surface area contributed by atoms with Crippen LogP contribution < -0.4 is 14.8 Å². The van der Waals surface area contributed by atoms with Gasteiger partial charge in [-0.05, 0) is 45.5 Å². The number of hydrogen-bond acceptors (Lipinski definition) is 4. The summed E-state index contributed by atoms with van der Waals surface area (Å²) in [7, 11) is 3.63. The van der Waals surface area contributed by atoms with Gasteiger partial charge in [-0.3, -0.25) is 9.69 Å². The number of methoxy groups -OCH3 is 1. The van der Waals surface area contributed by atoms with Gasteiger partial charge in [0, 0.05) is 0 Å². The van der Waals surface area contributed by atoms with Crippen LogP contribution in [0.25, 0.3) is 0 Å². The molecule has 1 aromatic rings. The molecular formula is C17H26N2O3. The van der Waals surface area contributed by atoms with Crippen LogP contribution in [0.1, 0.15) is 26.2 Å². The molecule has 0 bridgehead atoms. The Morgan fingerprint density at radius 3 is 2.77 bits per heavy atom. The lowest BCUT2D eigenvalue weighted by Crippen LogP contribution is -2.49. The second kappa shape index (κ2) is 8.03. The molecule has 1 aromatic carbocycles. The highest BCUT2D eigenvalue weighted by Gasteiger charge is 2.25. The van der Waals surface area contributed by atoms with Crippen molar-refractivity contribution in [3.63, 3.8) is 0 Å². The molecule has 1 heterocycles. The minimum absolute atomic E-state index is 0.00721. The summed E-state index contributed by atoms with van der Waals surface area (Å²) in [6.45, 7) is 3.42. The minimum Gasteiger partial charge on any atom is -0.493 e. The first-order valence-electron chi connectivity index (χ1n) is 7.89. The molecule has 5 nitrogen and oxygen atoms in total. The Morgan fingerprint density at radius 2 is 2.09 bits per heavy atom. The average molecular weight is 306 g/mol. The standard InChI is InChI=1S/C17H26N2O3/c1-13(22-16-10-5-4-9-15(16)21-3)12-18-17(20)14-8-6-7-11-19(14)2/h4-5,9-10,13-14H,6-8,11-12H2,1-3H3,(H,18,20)/t13-,14-/m1/s1. The van der Waals surface area contributed by atoms with Gasteiger partial charge in [0.15, 0.2) is 11.5 Å². The lowest BCUT2D eigenvalue weighted by molar-refractivity contribution is -0.127. The molecule has 1 amide bonds. The van der Waals surface area contributed by atoms with Gasteiger partial charge < -0.3 is 14.8 Å². The molecule has 0 spiro atoms. The van der Waals surface area contributed by atoms with Crippen LogP contribution in [0.4, 0.5) is 0 Å². The number of amides is 1. The molecule has 1 N–H and O–H groups in total. The Morgan fingerprint density at radius 1 is 1.36 bits per heavy atom. The average Bonchev–Trinajstić information content (AvgIpc) is 2.53. The van der Waals surface area contributed by atoms with Crippen LogP contribution in [0.2, 0.25) is 0 Å². The molecular weight excluding hydrogens is 280 g/mol. The molecule has 0 unspecified atom stereocenters. The van der Waals surface area contributed by atoms with Gasteiger partial charge in [0.1, 0.15) is 6.10 Å². The van der Waals surface area contributed by atoms with Crippen LogP contribution in [-0.2, 0) is 4.79 Å². The normalized spacial score (nSPS) is 20.2. The number of carbonyl (C=O) groups excluding carboxylic acids is 1. The summed E-state index contributed by atoms with van der Waals surface area (Å²) in [6, 6.07) is 7.52. The van der Waals surface area contributed by atoms with Gasteiger partial charge in [0.25, 0.3) is 0 Å². The molecule has 1 saturated heterocycles. The monoisotopic (exact) mass is 306 g/mol. The Hall–Kier alpha value is -1.75. The van der Waals surface area contributed by atoms with E-state index < -0.39 is 0 Å². The van der Waals surface area contributed by atoms with E-state index in [2.05, 4.69) is 10.2 Å². The molecule has 2 atom stereocenters. The zero-order valence-electron chi connectivity index (χ0n) is 13.7. The van der Waals surface area contributed by atoms with E-state index >= 15 is 0 Å².